The van der Waals surface area contributed by atoms with Gasteiger partial charge in [0.05, 0.1) is 12.8 Å². The molecule has 0 bridgehead atoms. The van der Waals surface area contributed by atoms with Crippen LogP contribution in [0.5, 0.6) is 5.75 Å². The minimum Gasteiger partial charge on any atom is -0.490 e. The fraction of sp³-hybridized carbons (Fsp3) is 0.0833. The van der Waals surface area contributed by atoms with Gasteiger partial charge in [-0.15, -0.1) is 0 Å². The molecular weight excluding hydrogens is 263 g/mol. The van der Waals surface area contributed by atoms with Crippen molar-refractivity contribution in [2.75, 3.05) is 17.9 Å². The van der Waals surface area contributed by atoms with Crippen molar-refractivity contribution in [2.24, 2.45) is 5.84 Å². The molecule has 7 nitrogen and oxygen atoms in total. The third-order valence-electron chi connectivity index (χ3n) is 2.52. The zero-order chi connectivity index (χ0) is 14.5. The Morgan fingerprint density at radius 3 is 2.75 bits per heavy atom. The molecule has 102 valence electrons. The van der Waals surface area contributed by atoms with E-state index in [1.807, 2.05) is 0 Å². The van der Waals surface area contributed by atoms with Crippen LogP contribution in [-0.2, 0) is 0 Å². The second-order valence-corrected chi connectivity index (χ2v) is 3.65. The number of halogens is 1. The Bertz CT molecular complexity index is 669. The highest BCUT2D eigenvalue weighted by Crippen LogP contribution is 2.31. The van der Waals surface area contributed by atoms with Crippen LogP contribution < -0.4 is 21.3 Å². The van der Waals surface area contributed by atoms with Crippen molar-refractivity contribution in [3.05, 3.63) is 35.9 Å². The predicted molar refractivity (Wildman–Crippen MR) is 70.8 cm³/mol. The van der Waals surface area contributed by atoms with E-state index >= 15 is 0 Å². The first-order valence-electron chi connectivity index (χ1n) is 5.52. The maximum Gasteiger partial charge on any atom is 0.205 e. The van der Waals surface area contributed by atoms with Gasteiger partial charge in [0.25, 0.3) is 0 Å². The molecule has 0 spiro atoms. The number of nitriles is 1. The highest BCUT2D eigenvalue weighted by Gasteiger charge is 2.14. The van der Waals surface area contributed by atoms with E-state index in [0.717, 1.165) is 0 Å². The second-order valence-electron chi connectivity index (χ2n) is 3.65. The van der Waals surface area contributed by atoms with Crippen LogP contribution in [0.3, 0.4) is 0 Å². The van der Waals surface area contributed by atoms with Crippen molar-refractivity contribution < 1.29 is 9.13 Å². The molecule has 0 unspecified atom stereocenters. The lowest BCUT2D eigenvalue weighted by Gasteiger charge is -2.13. The van der Waals surface area contributed by atoms with Gasteiger partial charge in [-0.1, -0.05) is 6.07 Å². The maximum atomic E-state index is 13.5. The normalized spacial score (nSPS) is 9.70. The van der Waals surface area contributed by atoms with Crippen LogP contribution in [0, 0.1) is 17.1 Å². The summed E-state index contributed by atoms with van der Waals surface area (Å²) in [5.41, 5.74) is 2.51. The molecule has 0 saturated heterocycles. The van der Waals surface area contributed by atoms with Crippen molar-refractivity contribution in [1.82, 2.24) is 9.97 Å². The fourth-order valence-electron chi connectivity index (χ4n) is 1.63. The van der Waals surface area contributed by atoms with E-state index in [2.05, 4.69) is 20.7 Å². The summed E-state index contributed by atoms with van der Waals surface area (Å²) in [7, 11) is 1.42. The number of benzene rings is 1. The van der Waals surface area contributed by atoms with Crippen LogP contribution in [0.1, 0.15) is 5.56 Å². The minimum absolute atomic E-state index is 0.115. The number of nitrogen functional groups attached to an aromatic ring is 1. The lowest BCUT2D eigenvalue weighted by Crippen LogP contribution is -2.11. The van der Waals surface area contributed by atoms with Crippen molar-refractivity contribution in [3.63, 3.8) is 0 Å². The summed E-state index contributed by atoms with van der Waals surface area (Å²) in [5.74, 6) is 5.46. The standard InChI is InChI=1S/C12H11FN6O/c1-20-10-11(16-6-17-12(10)19-15)18-9-4-2-3-8(13)7(9)5-14/h2-4,6H,15H2,1H3,(H2,16,17,18,19). The van der Waals surface area contributed by atoms with Gasteiger partial charge in [-0.25, -0.2) is 20.2 Å². The smallest absolute Gasteiger partial charge is 0.205 e. The molecule has 2 rings (SSSR count). The Morgan fingerprint density at radius 1 is 1.35 bits per heavy atom. The summed E-state index contributed by atoms with van der Waals surface area (Å²) in [6, 6.07) is 6.03. The first-order valence-corrected chi connectivity index (χ1v) is 5.52. The molecule has 0 atom stereocenters. The Kier molecular flexibility index (Phi) is 3.93. The quantitative estimate of drug-likeness (QED) is 0.573. The number of hydrogen-bond acceptors (Lipinski definition) is 7. The molecule has 0 aliphatic rings. The van der Waals surface area contributed by atoms with Gasteiger partial charge in [-0.05, 0) is 12.1 Å². The van der Waals surface area contributed by atoms with Crippen LogP contribution in [0.15, 0.2) is 24.5 Å². The van der Waals surface area contributed by atoms with Crippen LogP contribution in [0.25, 0.3) is 0 Å². The molecule has 1 aromatic carbocycles. The fourth-order valence-corrected chi connectivity index (χ4v) is 1.63. The van der Waals surface area contributed by atoms with Gasteiger partial charge in [0, 0.05) is 0 Å². The third-order valence-corrected chi connectivity index (χ3v) is 2.52. The third kappa shape index (κ3) is 2.43. The molecule has 0 aliphatic carbocycles. The summed E-state index contributed by atoms with van der Waals surface area (Å²) in [6.45, 7) is 0. The first kappa shape index (κ1) is 13.5. The average molecular weight is 274 g/mol. The van der Waals surface area contributed by atoms with E-state index in [4.69, 9.17) is 15.8 Å². The lowest BCUT2D eigenvalue weighted by atomic mass is 10.2. The average Bonchev–Trinajstić information content (AvgIpc) is 2.47. The van der Waals surface area contributed by atoms with Gasteiger partial charge < -0.3 is 15.5 Å². The Hall–Kier alpha value is -2.92. The monoisotopic (exact) mass is 274 g/mol. The number of hydrazine groups is 1. The van der Waals surface area contributed by atoms with Gasteiger partial charge >= 0.3 is 0 Å². The minimum atomic E-state index is -0.623. The highest BCUT2D eigenvalue weighted by molar-refractivity contribution is 5.72. The molecule has 20 heavy (non-hydrogen) atoms. The Balaban J connectivity index is 2.46. The molecule has 0 saturated carbocycles. The molecular formula is C12H11FN6O. The van der Waals surface area contributed by atoms with E-state index in [1.54, 1.807) is 12.1 Å². The summed E-state index contributed by atoms with van der Waals surface area (Å²) in [4.78, 5) is 7.86. The summed E-state index contributed by atoms with van der Waals surface area (Å²) in [5, 5.41) is 11.8. The summed E-state index contributed by atoms with van der Waals surface area (Å²) < 4.78 is 18.7. The molecule has 8 heteroatoms. The van der Waals surface area contributed by atoms with Crippen molar-refractivity contribution in [1.29, 1.82) is 5.26 Å². The zero-order valence-electron chi connectivity index (χ0n) is 10.5. The van der Waals surface area contributed by atoms with Crippen molar-refractivity contribution in [3.8, 4) is 11.8 Å². The molecule has 0 aliphatic heterocycles. The summed E-state index contributed by atoms with van der Waals surface area (Å²) in [6.07, 6.45) is 1.26. The number of aromatic nitrogens is 2. The highest BCUT2D eigenvalue weighted by atomic mass is 19.1. The number of hydrogen-bond donors (Lipinski definition) is 3. The Labute approximate surface area is 114 Å². The van der Waals surface area contributed by atoms with E-state index in [9.17, 15) is 4.39 Å². The van der Waals surface area contributed by atoms with E-state index < -0.39 is 5.82 Å². The van der Waals surface area contributed by atoms with E-state index in [1.165, 1.54) is 25.6 Å². The molecule has 1 aromatic heterocycles. The van der Waals surface area contributed by atoms with Crippen molar-refractivity contribution >= 4 is 17.3 Å². The lowest BCUT2D eigenvalue weighted by molar-refractivity contribution is 0.415. The molecule has 4 N–H and O–H groups in total. The van der Waals surface area contributed by atoms with E-state index in [0.29, 0.717) is 0 Å². The van der Waals surface area contributed by atoms with Gasteiger partial charge in [0.1, 0.15) is 23.8 Å². The molecule has 2 aromatic rings. The van der Waals surface area contributed by atoms with Gasteiger partial charge in [-0.2, -0.15) is 5.26 Å². The van der Waals surface area contributed by atoms with Gasteiger partial charge in [0.2, 0.25) is 5.75 Å². The molecule has 0 radical (unpaired) electrons. The second kappa shape index (κ2) is 5.81. The number of ether oxygens (including phenoxy) is 1. The molecule has 0 fully saturated rings. The largest absolute Gasteiger partial charge is 0.490 e. The van der Waals surface area contributed by atoms with Crippen LogP contribution >= 0.6 is 0 Å². The van der Waals surface area contributed by atoms with Gasteiger partial charge in [-0.3, -0.25) is 0 Å². The van der Waals surface area contributed by atoms with Crippen molar-refractivity contribution in [2.45, 2.75) is 0 Å². The number of methoxy groups -OCH3 is 1. The van der Waals surface area contributed by atoms with Crippen LogP contribution in [0.4, 0.5) is 21.7 Å². The summed E-state index contributed by atoms with van der Waals surface area (Å²) >= 11 is 0. The molecule has 0 amide bonds. The number of nitrogens with two attached hydrogens (primary N) is 1. The van der Waals surface area contributed by atoms with Gasteiger partial charge in [0.15, 0.2) is 11.6 Å². The first-order chi connectivity index (χ1) is 9.71. The number of anilines is 3. The van der Waals surface area contributed by atoms with E-state index in [-0.39, 0.29) is 28.6 Å². The maximum absolute atomic E-state index is 13.5. The number of nitrogens with one attached hydrogen (secondary N) is 2. The number of nitrogens with zero attached hydrogens (tertiary/aromatic N) is 3. The Morgan fingerprint density at radius 2 is 2.10 bits per heavy atom. The topological polar surface area (TPSA) is 109 Å². The SMILES string of the molecule is COc1c(NN)ncnc1Nc1cccc(F)c1C#N. The molecule has 1 heterocycles. The van der Waals surface area contributed by atoms with Crippen LogP contribution in [0.2, 0.25) is 0 Å². The predicted octanol–water partition coefficient (Wildman–Crippen LogP) is 1.53. The zero-order valence-corrected chi connectivity index (χ0v) is 10.5. The number of rotatable bonds is 4. The van der Waals surface area contributed by atoms with Crippen LogP contribution in [-0.4, -0.2) is 17.1 Å².